The highest BCUT2D eigenvalue weighted by Gasteiger charge is 2.25. The lowest BCUT2D eigenvalue weighted by atomic mass is 9.87. The number of nitrogens with zero attached hydrogens (tertiary/aromatic N) is 3. The van der Waals surface area contributed by atoms with Crippen LogP contribution in [0.5, 0.6) is 5.75 Å². The minimum absolute atomic E-state index is 0.00844. The maximum atomic E-state index is 14.0. The lowest BCUT2D eigenvalue weighted by molar-refractivity contribution is -0.116. The number of imidazole rings is 1. The largest absolute Gasteiger partial charge is 0.494 e. The first-order valence-electron chi connectivity index (χ1n) is 11.8. The number of hydrogen-bond acceptors (Lipinski definition) is 10. The van der Waals surface area contributed by atoms with Crippen molar-refractivity contribution >= 4 is 42.4 Å². The molecule has 0 bridgehead atoms. The molecule has 4 rings (SSSR count). The minimum atomic E-state index is -1.47. The van der Waals surface area contributed by atoms with Gasteiger partial charge in [-0.15, -0.1) is 0 Å². The van der Waals surface area contributed by atoms with Crippen molar-refractivity contribution in [1.29, 1.82) is 0 Å². The van der Waals surface area contributed by atoms with Gasteiger partial charge in [0, 0.05) is 18.2 Å². The average molecular weight is 554 g/mol. The number of ether oxygens (including phenoxy) is 2. The van der Waals surface area contributed by atoms with E-state index < -0.39 is 19.8 Å². The summed E-state index contributed by atoms with van der Waals surface area (Å²) in [5.41, 5.74) is 6.42. The molecule has 1 fully saturated rings. The number of nitrogen functional groups attached to an aromatic ring is 1. The highest BCUT2D eigenvalue weighted by atomic mass is 32.2. The monoisotopic (exact) mass is 553 g/mol. The van der Waals surface area contributed by atoms with Gasteiger partial charge in [-0.1, -0.05) is 24.2 Å². The van der Waals surface area contributed by atoms with Crippen LogP contribution in [0.1, 0.15) is 24.8 Å². The summed E-state index contributed by atoms with van der Waals surface area (Å²) in [6.07, 6.45) is 4.72. The first kappa shape index (κ1) is 27.5. The van der Waals surface area contributed by atoms with Gasteiger partial charge in [-0.3, -0.25) is 14.6 Å². The Bertz CT molecular complexity index is 1270. The van der Waals surface area contributed by atoms with Gasteiger partial charge in [0.2, 0.25) is 5.95 Å². The number of benzene rings is 1. The second kappa shape index (κ2) is 13.3. The van der Waals surface area contributed by atoms with E-state index in [0.717, 1.165) is 19.3 Å². The van der Waals surface area contributed by atoms with Crippen LogP contribution in [0.15, 0.2) is 29.3 Å². The topological polar surface area (TPSA) is 144 Å². The Labute approximate surface area is 218 Å². The van der Waals surface area contributed by atoms with E-state index in [4.69, 9.17) is 24.3 Å². The van der Waals surface area contributed by atoms with Crippen molar-refractivity contribution in [1.82, 2.24) is 19.5 Å². The summed E-state index contributed by atoms with van der Waals surface area (Å²) in [5, 5.41) is 0.214. The number of fused-ring (bicyclic) bond motifs is 1. The number of nitrogens with one attached hydrogen (secondary N) is 1. The molecule has 0 saturated heterocycles. The number of carbonyl (C=O) groups excluding carboxylic acids is 1. The van der Waals surface area contributed by atoms with Gasteiger partial charge in [0.05, 0.1) is 33.3 Å². The number of thioether (sulfide) groups is 1. The van der Waals surface area contributed by atoms with Crippen LogP contribution in [0.25, 0.3) is 11.2 Å². The molecule has 3 N–H and O–H groups in total. The van der Waals surface area contributed by atoms with Crippen LogP contribution in [-0.4, -0.2) is 57.1 Å². The number of carbonyl (C=O) groups is 1. The van der Waals surface area contributed by atoms with Gasteiger partial charge in [0.15, 0.2) is 36.2 Å². The number of halogens is 1. The normalized spacial score (nSPS) is 14.5. The minimum Gasteiger partial charge on any atom is -0.494 e. The van der Waals surface area contributed by atoms with Crippen LogP contribution in [0.3, 0.4) is 0 Å². The first-order chi connectivity index (χ1) is 17.9. The van der Waals surface area contributed by atoms with Crippen LogP contribution >= 0.6 is 20.1 Å². The third kappa shape index (κ3) is 7.48. The van der Waals surface area contributed by atoms with E-state index in [2.05, 4.69) is 15.0 Å². The van der Waals surface area contributed by atoms with E-state index in [1.807, 2.05) is 0 Å². The molecule has 1 aliphatic carbocycles. The lowest BCUT2D eigenvalue weighted by Gasteiger charge is -2.23. The van der Waals surface area contributed by atoms with Crippen molar-refractivity contribution in [3.05, 3.63) is 46.3 Å². The molecule has 11 nitrogen and oxygen atoms in total. The maximum Gasteiger partial charge on any atom is 0.280 e. The fraction of sp³-hybridized carbons (Fsp3) is 0.478. The van der Waals surface area contributed by atoms with Crippen molar-refractivity contribution in [3.63, 3.8) is 0 Å². The summed E-state index contributed by atoms with van der Waals surface area (Å²) in [4.78, 5) is 34.6. The quantitative estimate of drug-likeness (QED) is 0.225. The van der Waals surface area contributed by atoms with Gasteiger partial charge in [-0.25, -0.2) is 9.37 Å². The highest BCUT2D eigenvalue weighted by Crippen LogP contribution is 2.40. The molecule has 0 spiro atoms. The molecule has 1 atom stereocenters. The molecule has 37 heavy (non-hydrogen) atoms. The molecule has 1 unspecified atom stereocenters. The molecule has 0 radical (unpaired) electrons. The van der Waals surface area contributed by atoms with Gasteiger partial charge in [-0.05, 0) is 30.5 Å². The first-order valence-corrected chi connectivity index (χ1v) is 14.1. The smallest absolute Gasteiger partial charge is 0.280 e. The molecule has 0 amide bonds. The number of rotatable bonds is 14. The Kier molecular flexibility index (Phi) is 9.87. The Morgan fingerprint density at radius 2 is 2.16 bits per heavy atom. The number of H-pyrrole nitrogens is 1. The van der Waals surface area contributed by atoms with Crippen LogP contribution in [0.2, 0.25) is 0 Å². The zero-order valence-corrected chi connectivity index (χ0v) is 22.1. The lowest BCUT2D eigenvalue weighted by Crippen LogP contribution is -2.19. The fourth-order valence-corrected chi connectivity index (χ4v) is 5.59. The van der Waals surface area contributed by atoms with Crippen molar-refractivity contribution in [2.45, 2.75) is 32.4 Å². The molecule has 2 heterocycles. The van der Waals surface area contributed by atoms with Crippen molar-refractivity contribution in [2.24, 2.45) is 5.92 Å². The van der Waals surface area contributed by atoms with Gasteiger partial charge in [-0.2, -0.15) is 4.98 Å². The summed E-state index contributed by atoms with van der Waals surface area (Å²) in [6, 6.07) is 4.61. The molecule has 0 aliphatic heterocycles. The summed E-state index contributed by atoms with van der Waals surface area (Å²) in [5.74, 6) is 0.391. The molecule has 1 aromatic carbocycles. The van der Waals surface area contributed by atoms with Crippen molar-refractivity contribution in [2.75, 3.05) is 38.2 Å². The van der Waals surface area contributed by atoms with E-state index in [9.17, 15) is 14.0 Å². The Morgan fingerprint density at radius 3 is 2.89 bits per heavy atom. The SMILES string of the molecule is COc1ccc(COP(COCCn2cnc3c(=O)[nH]c(N)nc32)OCCSC(=O)C2CCC2)cc1F. The second-order valence-corrected chi connectivity index (χ2v) is 10.8. The molecule has 1 saturated carbocycles. The number of aromatic amines is 1. The van der Waals surface area contributed by atoms with Crippen molar-refractivity contribution < 1.29 is 27.7 Å². The Morgan fingerprint density at radius 1 is 1.32 bits per heavy atom. The van der Waals surface area contributed by atoms with Crippen LogP contribution in [0.4, 0.5) is 10.3 Å². The molecule has 200 valence electrons. The zero-order valence-electron chi connectivity index (χ0n) is 20.4. The van der Waals surface area contributed by atoms with E-state index >= 15 is 0 Å². The predicted octanol–water partition coefficient (Wildman–Crippen LogP) is 3.43. The van der Waals surface area contributed by atoms with Gasteiger partial charge in [0.1, 0.15) is 6.35 Å². The Balaban J connectivity index is 1.28. The molecule has 1 aliphatic rings. The highest BCUT2D eigenvalue weighted by molar-refractivity contribution is 8.13. The number of methoxy groups -OCH3 is 1. The third-order valence-electron chi connectivity index (χ3n) is 5.76. The fourth-order valence-electron chi connectivity index (χ4n) is 3.54. The molecule has 3 aromatic rings. The second-order valence-electron chi connectivity index (χ2n) is 8.30. The van der Waals surface area contributed by atoms with E-state index in [1.165, 1.54) is 37.3 Å². The molecular weight excluding hydrogens is 524 g/mol. The standard InChI is InChI=1S/C23H29FN5O6PS/c1-32-18-6-5-15(11-17(18)24)12-35-36(34-9-10-37-22(31)16-3-2-4-16)14-33-8-7-29-13-26-19-20(29)27-23(25)28-21(19)30/h5-6,11,13,16H,2-4,7-10,12,14H2,1H3,(H3,25,27,28,30). The van der Waals surface area contributed by atoms with E-state index in [0.29, 0.717) is 30.1 Å². The van der Waals surface area contributed by atoms with E-state index in [1.54, 1.807) is 10.6 Å². The number of aromatic nitrogens is 4. The number of anilines is 1. The molecular formula is C23H29FN5O6PS. The maximum absolute atomic E-state index is 14.0. The van der Waals surface area contributed by atoms with Gasteiger partial charge >= 0.3 is 0 Å². The molecule has 2 aromatic heterocycles. The Hall–Kier alpha value is -2.57. The van der Waals surface area contributed by atoms with Crippen LogP contribution < -0.4 is 16.0 Å². The summed E-state index contributed by atoms with van der Waals surface area (Å²) in [6.45, 7) is 1.11. The summed E-state index contributed by atoms with van der Waals surface area (Å²) in [7, 11) is -0.0659. The molecule has 14 heteroatoms. The van der Waals surface area contributed by atoms with Crippen LogP contribution in [-0.2, 0) is 31.7 Å². The third-order valence-corrected chi connectivity index (χ3v) is 8.03. The number of nitrogens with two attached hydrogens (primary N) is 1. The summed E-state index contributed by atoms with van der Waals surface area (Å²) < 4.78 is 38.2. The zero-order chi connectivity index (χ0) is 26.2. The number of hydrogen-bond donors (Lipinski definition) is 2. The van der Waals surface area contributed by atoms with Crippen molar-refractivity contribution in [3.8, 4) is 5.75 Å². The van der Waals surface area contributed by atoms with Crippen LogP contribution in [0, 0.1) is 11.7 Å². The predicted molar refractivity (Wildman–Crippen MR) is 139 cm³/mol. The van der Waals surface area contributed by atoms with Gasteiger partial charge in [0.25, 0.3) is 5.56 Å². The summed E-state index contributed by atoms with van der Waals surface area (Å²) >= 11 is 1.28. The van der Waals surface area contributed by atoms with E-state index in [-0.39, 0.29) is 47.8 Å². The average Bonchev–Trinajstić information content (AvgIpc) is 3.24. The van der Waals surface area contributed by atoms with Gasteiger partial charge < -0.3 is 28.8 Å².